The molecule has 92 valence electrons. The van der Waals surface area contributed by atoms with Crippen molar-refractivity contribution in [2.45, 2.75) is 45.1 Å². The van der Waals surface area contributed by atoms with Crippen LogP contribution >= 0.6 is 0 Å². The van der Waals surface area contributed by atoms with Crippen LogP contribution in [-0.4, -0.2) is 11.9 Å². The number of benzene rings is 1. The van der Waals surface area contributed by atoms with Gasteiger partial charge >= 0.3 is 0 Å². The summed E-state index contributed by atoms with van der Waals surface area (Å²) >= 11 is 0. The number of carbonyl (C=O) groups excluding carboxylic acids is 1. The summed E-state index contributed by atoms with van der Waals surface area (Å²) in [4.78, 5) is 11.3. The van der Waals surface area contributed by atoms with Crippen molar-refractivity contribution in [2.75, 3.05) is 10.6 Å². The van der Waals surface area contributed by atoms with E-state index in [1.54, 1.807) is 0 Å². The first-order valence-electron chi connectivity index (χ1n) is 6.44. The van der Waals surface area contributed by atoms with Crippen LogP contribution in [0.3, 0.4) is 0 Å². The molecule has 0 radical (unpaired) electrons. The predicted octanol–water partition coefficient (Wildman–Crippen LogP) is 3.39. The molecule has 1 aromatic carbocycles. The van der Waals surface area contributed by atoms with Crippen molar-refractivity contribution < 1.29 is 4.79 Å². The quantitative estimate of drug-likeness (QED) is 0.835. The lowest BCUT2D eigenvalue weighted by molar-refractivity contribution is -0.115. The number of hydrogen-bond donors (Lipinski definition) is 2. The first-order valence-corrected chi connectivity index (χ1v) is 6.44. The van der Waals surface area contributed by atoms with Gasteiger partial charge in [-0.3, -0.25) is 4.79 Å². The van der Waals surface area contributed by atoms with E-state index in [9.17, 15) is 4.79 Å². The van der Waals surface area contributed by atoms with Gasteiger partial charge < -0.3 is 10.6 Å². The molecule has 1 aliphatic carbocycles. The fourth-order valence-corrected chi connectivity index (χ4v) is 2.24. The van der Waals surface area contributed by atoms with Gasteiger partial charge in [-0.05, 0) is 31.0 Å². The van der Waals surface area contributed by atoms with Gasteiger partial charge in [0, 0.05) is 23.8 Å². The van der Waals surface area contributed by atoms with Crippen LogP contribution in [0.4, 0.5) is 11.4 Å². The number of hydrogen-bond acceptors (Lipinski definition) is 2. The molecule has 2 N–H and O–H groups in total. The van der Waals surface area contributed by atoms with Gasteiger partial charge in [0.15, 0.2) is 0 Å². The van der Waals surface area contributed by atoms with Crippen molar-refractivity contribution in [2.24, 2.45) is 0 Å². The maximum absolute atomic E-state index is 11.3. The first-order chi connectivity index (χ1) is 8.28. The molecule has 2 rings (SSSR count). The lowest BCUT2D eigenvalue weighted by atomic mass is 10.2. The SMILES string of the molecule is CCC(=O)Nc1cccc(NC2CCCC2)c1. The van der Waals surface area contributed by atoms with E-state index in [0.717, 1.165) is 11.4 Å². The number of rotatable bonds is 4. The highest BCUT2D eigenvalue weighted by molar-refractivity contribution is 5.90. The van der Waals surface area contributed by atoms with Crippen molar-refractivity contribution >= 4 is 17.3 Å². The highest BCUT2D eigenvalue weighted by atomic mass is 16.1. The smallest absolute Gasteiger partial charge is 0.224 e. The zero-order valence-corrected chi connectivity index (χ0v) is 10.3. The van der Waals surface area contributed by atoms with Gasteiger partial charge in [-0.1, -0.05) is 25.8 Å². The summed E-state index contributed by atoms with van der Waals surface area (Å²) in [5, 5.41) is 6.40. The minimum absolute atomic E-state index is 0.0583. The van der Waals surface area contributed by atoms with Crippen LogP contribution in [0.25, 0.3) is 0 Å². The molecule has 0 aliphatic heterocycles. The molecule has 1 saturated carbocycles. The Labute approximate surface area is 103 Å². The highest BCUT2D eigenvalue weighted by Crippen LogP contribution is 2.23. The Morgan fingerprint density at radius 3 is 2.71 bits per heavy atom. The Morgan fingerprint density at radius 2 is 2.00 bits per heavy atom. The normalized spacial score (nSPS) is 15.8. The topological polar surface area (TPSA) is 41.1 Å². The van der Waals surface area contributed by atoms with Crippen molar-refractivity contribution in [1.82, 2.24) is 0 Å². The second-order valence-corrected chi connectivity index (χ2v) is 4.61. The van der Waals surface area contributed by atoms with Crippen LogP contribution in [0.15, 0.2) is 24.3 Å². The van der Waals surface area contributed by atoms with Crippen LogP contribution in [0, 0.1) is 0 Å². The van der Waals surface area contributed by atoms with E-state index in [1.807, 2.05) is 25.1 Å². The van der Waals surface area contributed by atoms with Crippen LogP contribution < -0.4 is 10.6 Å². The van der Waals surface area contributed by atoms with E-state index in [-0.39, 0.29) is 5.91 Å². The maximum atomic E-state index is 11.3. The zero-order chi connectivity index (χ0) is 12.1. The van der Waals surface area contributed by atoms with Gasteiger partial charge in [0.05, 0.1) is 0 Å². The van der Waals surface area contributed by atoms with E-state index in [1.165, 1.54) is 25.7 Å². The Kier molecular flexibility index (Phi) is 4.02. The van der Waals surface area contributed by atoms with Gasteiger partial charge in [0.25, 0.3) is 0 Å². The van der Waals surface area contributed by atoms with E-state index in [4.69, 9.17) is 0 Å². The van der Waals surface area contributed by atoms with E-state index < -0.39 is 0 Å². The Balaban J connectivity index is 1.97. The third-order valence-corrected chi connectivity index (χ3v) is 3.19. The second kappa shape index (κ2) is 5.71. The number of amides is 1. The largest absolute Gasteiger partial charge is 0.382 e. The summed E-state index contributed by atoms with van der Waals surface area (Å²) in [6.45, 7) is 1.86. The fraction of sp³-hybridized carbons (Fsp3) is 0.500. The lowest BCUT2D eigenvalue weighted by Gasteiger charge is -2.14. The molecular formula is C14H20N2O. The Bertz CT molecular complexity index is 384. The maximum Gasteiger partial charge on any atom is 0.224 e. The van der Waals surface area contributed by atoms with E-state index in [0.29, 0.717) is 12.5 Å². The van der Waals surface area contributed by atoms with Crippen molar-refractivity contribution in [3.63, 3.8) is 0 Å². The third kappa shape index (κ3) is 3.48. The van der Waals surface area contributed by atoms with Crippen LogP contribution in [-0.2, 0) is 4.79 Å². The van der Waals surface area contributed by atoms with Crippen LogP contribution in [0.2, 0.25) is 0 Å². The second-order valence-electron chi connectivity index (χ2n) is 4.61. The minimum Gasteiger partial charge on any atom is -0.382 e. The average molecular weight is 232 g/mol. The molecule has 0 bridgehead atoms. The van der Waals surface area contributed by atoms with Crippen molar-refractivity contribution in [3.05, 3.63) is 24.3 Å². The Morgan fingerprint density at radius 1 is 1.29 bits per heavy atom. The summed E-state index contributed by atoms with van der Waals surface area (Å²) in [5.74, 6) is 0.0583. The number of nitrogens with one attached hydrogen (secondary N) is 2. The Hall–Kier alpha value is -1.51. The molecular weight excluding hydrogens is 212 g/mol. The standard InChI is InChI=1S/C14H20N2O/c1-2-14(17)16-13-9-5-8-12(10-13)15-11-6-3-4-7-11/h5,8-11,15H,2-4,6-7H2,1H3,(H,16,17). The van der Waals surface area contributed by atoms with Crippen LogP contribution in [0.5, 0.6) is 0 Å². The molecule has 3 nitrogen and oxygen atoms in total. The monoisotopic (exact) mass is 232 g/mol. The summed E-state index contributed by atoms with van der Waals surface area (Å²) in [7, 11) is 0. The molecule has 1 aromatic rings. The van der Waals surface area contributed by atoms with Crippen molar-refractivity contribution in [1.29, 1.82) is 0 Å². The van der Waals surface area contributed by atoms with Gasteiger partial charge in [-0.15, -0.1) is 0 Å². The molecule has 0 saturated heterocycles. The van der Waals surface area contributed by atoms with Crippen LogP contribution in [0.1, 0.15) is 39.0 Å². The zero-order valence-electron chi connectivity index (χ0n) is 10.3. The predicted molar refractivity (Wildman–Crippen MR) is 71.2 cm³/mol. The fourth-order valence-electron chi connectivity index (χ4n) is 2.24. The van der Waals surface area contributed by atoms with E-state index >= 15 is 0 Å². The molecule has 0 heterocycles. The molecule has 17 heavy (non-hydrogen) atoms. The molecule has 0 aromatic heterocycles. The number of carbonyl (C=O) groups is 1. The van der Waals surface area contributed by atoms with Gasteiger partial charge in [-0.25, -0.2) is 0 Å². The third-order valence-electron chi connectivity index (χ3n) is 3.19. The first kappa shape index (κ1) is 12.0. The van der Waals surface area contributed by atoms with Gasteiger partial charge in [-0.2, -0.15) is 0 Å². The molecule has 0 atom stereocenters. The molecule has 0 unspecified atom stereocenters. The molecule has 1 fully saturated rings. The highest BCUT2D eigenvalue weighted by Gasteiger charge is 2.14. The minimum atomic E-state index is 0.0583. The molecule has 0 spiro atoms. The average Bonchev–Trinajstić information content (AvgIpc) is 2.82. The molecule has 3 heteroatoms. The van der Waals surface area contributed by atoms with Gasteiger partial charge in [0.2, 0.25) is 5.91 Å². The van der Waals surface area contributed by atoms with Crippen molar-refractivity contribution in [3.8, 4) is 0 Å². The lowest BCUT2D eigenvalue weighted by Crippen LogP contribution is -2.15. The van der Waals surface area contributed by atoms with Gasteiger partial charge in [0.1, 0.15) is 0 Å². The summed E-state index contributed by atoms with van der Waals surface area (Å²) in [6, 6.07) is 8.56. The number of anilines is 2. The molecule has 1 amide bonds. The summed E-state index contributed by atoms with van der Waals surface area (Å²) < 4.78 is 0. The van der Waals surface area contributed by atoms with E-state index in [2.05, 4.69) is 16.7 Å². The summed E-state index contributed by atoms with van der Waals surface area (Å²) in [6.07, 6.45) is 5.67. The molecule has 1 aliphatic rings. The summed E-state index contributed by atoms with van der Waals surface area (Å²) in [5.41, 5.74) is 1.98.